The number of benzene rings is 1. The summed E-state index contributed by atoms with van der Waals surface area (Å²) in [7, 11) is 0. The highest BCUT2D eigenvalue weighted by Gasteiger charge is 2.23. The summed E-state index contributed by atoms with van der Waals surface area (Å²) < 4.78 is 28.8. The number of carbonyl (C=O) groups excluding carboxylic acids is 1. The van der Waals surface area contributed by atoms with Gasteiger partial charge >= 0.3 is 0 Å². The van der Waals surface area contributed by atoms with E-state index in [1.165, 1.54) is 0 Å². The minimum atomic E-state index is -2.82. The maximum atomic E-state index is 12.7. The lowest BCUT2D eigenvalue weighted by Crippen LogP contribution is -2.12. The molecule has 0 unspecified atom stereocenters. The summed E-state index contributed by atoms with van der Waals surface area (Å²) in [4.78, 5) is 11.9. The molecular formula is C15H11F2N3OS. The Bertz CT molecular complexity index is 759. The molecule has 0 bridgehead atoms. The number of amides is 1. The number of rotatable bonds is 3. The Labute approximate surface area is 129 Å². The number of aromatic nitrogens is 2. The van der Waals surface area contributed by atoms with E-state index in [2.05, 4.69) is 26.7 Å². The van der Waals surface area contributed by atoms with Gasteiger partial charge in [-0.05, 0) is 42.6 Å². The van der Waals surface area contributed by atoms with E-state index in [1.54, 1.807) is 18.2 Å². The third-order valence-electron chi connectivity index (χ3n) is 3.04. The van der Waals surface area contributed by atoms with E-state index in [4.69, 9.17) is 0 Å². The van der Waals surface area contributed by atoms with Crippen LogP contribution in [-0.4, -0.2) is 15.5 Å². The molecule has 1 aliphatic rings. The van der Waals surface area contributed by atoms with Crippen molar-refractivity contribution < 1.29 is 13.6 Å². The first-order valence-corrected chi connectivity index (χ1v) is 7.44. The van der Waals surface area contributed by atoms with Gasteiger partial charge in [0.1, 0.15) is 4.88 Å². The monoisotopic (exact) mass is 319 g/mol. The van der Waals surface area contributed by atoms with Crippen molar-refractivity contribution >= 4 is 23.1 Å². The Kier molecular flexibility index (Phi) is 4.11. The molecule has 1 N–H and O–H groups in total. The Morgan fingerprint density at radius 1 is 1.41 bits per heavy atom. The minimum Gasteiger partial charge on any atom is -0.321 e. The Hall–Kier alpha value is -2.33. The molecule has 0 atom stereocenters. The van der Waals surface area contributed by atoms with Gasteiger partial charge in [0.05, 0.1) is 0 Å². The fraction of sp³-hybridized carbons (Fsp3) is 0.267. The van der Waals surface area contributed by atoms with E-state index < -0.39 is 18.0 Å². The molecule has 7 heteroatoms. The van der Waals surface area contributed by atoms with Gasteiger partial charge in [-0.15, -0.1) is 5.10 Å². The molecule has 0 spiro atoms. The zero-order valence-corrected chi connectivity index (χ0v) is 12.2. The van der Waals surface area contributed by atoms with Gasteiger partial charge in [-0.25, -0.2) is 8.78 Å². The van der Waals surface area contributed by atoms with Gasteiger partial charge < -0.3 is 5.32 Å². The first-order chi connectivity index (χ1) is 10.6. The second kappa shape index (κ2) is 6.20. The van der Waals surface area contributed by atoms with Crippen LogP contribution < -0.4 is 5.32 Å². The fourth-order valence-electron chi connectivity index (χ4n) is 1.77. The van der Waals surface area contributed by atoms with Crippen LogP contribution >= 0.6 is 11.5 Å². The highest BCUT2D eigenvalue weighted by molar-refractivity contribution is 7.08. The van der Waals surface area contributed by atoms with Gasteiger partial charge in [0.25, 0.3) is 12.3 Å². The van der Waals surface area contributed by atoms with Crippen molar-refractivity contribution in [3.63, 3.8) is 0 Å². The number of hydrogen-bond acceptors (Lipinski definition) is 4. The smallest absolute Gasteiger partial charge is 0.283 e. The van der Waals surface area contributed by atoms with Crippen molar-refractivity contribution in [1.29, 1.82) is 0 Å². The highest BCUT2D eigenvalue weighted by Crippen LogP contribution is 2.28. The Balaban J connectivity index is 1.75. The predicted molar refractivity (Wildman–Crippen MR) is 78.9 cm³/mol. The first-order valence-electron chi connectivity index (χ1n) is 6.67. The Morgan fingerprint density at radius 2 is 2.23 bits per heavy atom. The van der Waals surface area contributed by atoms with E-state index in [9.17, 15) is 13.6 Å². The molecular weight excluding hydrogens is 308 g/mol. The van der Waals surface area contributed by atoms with Crippen LogP contribution in [0.1, 0.15) is 40.2 Å². The third kappa shape index (κ3) is 3.46. The van der Waals surface area contributed by atoms with Crippen molar-refractivity contribution in [1.82, 2.24) is 9.59 Å². The summed E-state index contributed by atoms with van der Waals surface area (Å²) in [6.45, 7) is 0. The second-order valence-electron chi connectivity index (χ2n) is 4.87. The zero-order valence-electron chi connectivity index (χ0n) is 11.3. The lowest BCUT2D eigenvalue weighted by atomic mass is 10.2. The summed E-state index contributed by atoms with van der Waals surface area (Å²) in [5.41, 5.74) is 0.689. The van der Waals surface area contributed by atoms with Crippen LogP contribution in [0, 0.1) is 17.8 Å². The summed E-state index contributed by atoms with van der Waals surface area (Å²) in [5.74, 6) is 6.01. The van der Waals surface area contributed by atoms with Gasteiger partial charge in [0.2, 0.25) is 0 Å². The van der Waals surface area contributed by atoms with E-state index in [-0.39, 0.29) is 4.88 Å². The van der Waals surface area contributed by atoms with E-state index in [1.807, 2.05) is 6.07 Å². The van der Waals surface area contributed by atoms with Crippen molar-refractivity contribution in [2.24, 2.45) is 5.92 Å². The topological polar surface area (TPSA) is 54.9 Å². The lowest BCUT2D eigenvalue weighted by molar-refractivity contribution is 0.101. The summed E-state index contributed by atoms with van der Waals surface area (Å²) in [5, 5.41) is 5.86. The second-order valence-corrected chi connectivity index (χ2v) is 5.62. The largest absolute Gasteiger partial charge is 0.321 e. The van der Waals surface area contributed by atoms with Gasteiger partial charge in [-0.3, -0.25) is 4.79 Å². The summed E-state index contributed by atoms with van der Waals surface area (Å²) in [6, 6.07) is 6.98. The molecule has 1 saturated carbocycles. The number of nitrogens with one attached hydrogen (secondary N) is 1. The van der Waals surface area contributed by atoms with Gasteiger partial charge in [0.15, 0.2) is 5.69 Å². The summed E-state index contributed by atoms with van der Waals surface area (Å²) >= 11 is 0.651. The van der Waals surface area contributed by atoms with Gasteiger partial charge in [-0.1, -0.05) is 22.4 Å². The van der Waals surface area contributed by atoms with Crippen LogP contribution in [0.25, 0.3) is 0 Å². The number of hydrogen-bond donors (Lipinski definition) is 1. The third-order valence-corrected chi connectivity index (χ3v) is 3.79. The van der Waals surface area contributed by atoms with Crippen molar-refractivity contribution in [3.8, 4) is 11.8 Å². The number of halogens is 2. The first kappa shape index (κ1) is 14.6. The van der Waals surface area contributed by atoms with Gasteiger partial charge in [0, 0.05) is 17.2 Å². The molecule has 1 heterocycles. The summed E-state index contributed by atoms with van der Waals surface area (Å²) in [6.07, 6.45) is -0.550. The maximum Gasteiger partial charge on any atom is 0.283 e. The van der Waals surface area contributed by atoms with Crippen molar-refractivity contribution in [2.75, 3.05) is 5.32 Å². The number of alkyl halides is 2. The zero-order chi connectivity index (χ0) is 15.5. The average Bonchev–Trinajstić information content (AvgIpc) is 3.18. The molecule has 1 aromatic carbocycles. The van der Waals surface area contributed by atoms with E-state index in [0.29, 0.717) is 23.1 Å². The molecule has 4 nitrogen and oxygen atoms in total. The van der Waals surface area contributed by atoms with E-state index in [0.717, 1.165) is 18.4 Å². The van der Waals surface area contributed by atoms with Crippen LogP contribution in [-0.2, 0) is 0 Å². The molecule has 2 aromatic rings. The van der Waals surface area contributed by atoms with Gasteiger partial charge in [-0.2, -0.15) is 0 Å². The van der Waals surface area contributed by atoms with Crippen LogP contribution in [0.5, 0.6) is 0 Å². The number of carbonyl (C=O) groups is 1. The maximum absolute atomic E-state index is 12.7. The molecule has 3 rings (SSSR count). The standard InChI is InChI=1S/C15H11F2N3OS/c16-14(17)12-13(22-20-19-12)15(21)18-11-3-1-2-10(8-11)7-6-9-4-5-9/h1-3,8-9,14H,4-5H2,(H,18,21). The van der Waals surface area contributed by atoms with Crippen LogP contribution in [0.3, 0.4) is 0 Å². The molecule has 112 valence electrons. The lowest BCUT2D eigenvalue weighted by Gasteiger charge is -2.04. The molecule has 22 heavy (non-hydrogen) atoms. The normalized spacial score (nSPS) is 13.6. The predicted octanol–water partition coefficient (Wildman–Crippen LogP) is 3.49. The highest BCUT2D eigenvalue weighted by atomic mass is 32.1. The molecule has 0 saturated heterocycles. The molecule has 1 fully saturated rings. The van der Waals surface area contributed by atoms with Crippen molar-refractivity contribution in [2.45, 2.75) is 19.3 Å². The average molecular weight is 319 g/mol. The number of anilines is 1. The van der Waals surface area contributed by atoms with Crippen LogP contribution in [0.15, 0.2) is 24.3 Å². The quantitative estimate of drug-likeness (QED) is 0.881. The molecule has 1 aromatic heterocycles. The molecule has 0 radical (unpaired) electrons. The molecule has 1 aliphatic carbocycles. The van der Waals surface area contributed by atoms with Crippen LogP contribution in [0.2, 0.25) is 0 Å². The minimum absolute atomic E-state index is 0.176. The Morgan fingerprint density at radius 3 is 2.95 bits per heavy atom. The van der Waals surface area contributed by atoms with Crippen LogP contribution in [0.4, 0.5) is 14.5 Å². The van der Waals surface area contributed by atoms with Crippen molar-refractivity contribution in [3.05, 3.63) is 40.4 Å². The van der Waals surface area contributed by atoms with E-state index >= 15 is 0 Å². The molecule has 0 aliphatic heterocycles. The SMILES string of the molecule is O=C(Nc1cccc(C#CC2CC2)c1)c1snnc1C(F)F. The fourth-order valence-corrected chi connectivity index (χ4v) is 2.34. The molecule has 1 amide bonds. The number of nitrogens with zero attached hydrogens (tertiary/aromatic N) is 2.